The van der Waals surface area contributed by atoms with Crippen molar-refractivity contribution in [3.63, 3.8) is 0 Å². The van der Waals surface area contributed by atoms with E-state index in [-0.39, 0.29) is 18.6 Å². The number of terminal acetylenes is 1. The number of aromatic nitrogens is 3. The summed E-state index contributed by atoms with van der Waals surface area (Å²) < 4.78 is 1.75. The van der Waals surface area contributed by atoms with Gasteiger partial charge in [-0.3, -0.25) is 0 Å². The predicted molar refractivity (Wildman–Crippen MR) is 52.9 cm³/mol. The fourth-order valence-electron chi connectivity index (χ4n) is 1.44. The Morgan fingerprint density at radius 2 is 2.47 bits per heavy atom. The summed E-state index contributed by atoms with van der Waals surface area (Å²) in [7, 11) is 0. The zero-order valence-corrected chi connectivity index (χ0v) is 8.13. The van der Waals surface area contributed by atoms with Gasteiger partial charge in [0.25, 0.3) is 0 Å². The van der Waals surface area contributed by atoms with Crippen LogP contribution in [0.15, 0.2) is 12.4 Å². The van der Waals surface area contributed by atoms with Crippen LogP contribution >= 0.6 is 0 Å². The molecular weight excluding hydrogens is 194 g/mol. The summed E-state index contributed by atoms with van der Waals surface area (Å²) in [5.74, 6) is 2.35. The summed E-state index contributed by atoms with van der Waals surface area (Å²) in [6, 6.07) is 0.119. The Balaban J connectivity index is 1.79. The first kappa shape index (κ1) is 9.52. The summed E-state index contributed by atoms with van der Waals surface area (Å²) in [6.07, 6.45) is 8.45. The molecule has 6 heteroatoms. The zero-order chi connectivity index (χ0) is 10.7. The van der Waals surface area contributed by atoms with Crippen LogP contribution in [0, 0.1) is 12.3 Å². The first-order valence-corrected chi connectivity index (χ1v) is 4.63. The van der Waals surface area contributed by atoms with E-state index in [4.69, 9.17) is 6.42 Å². The average Bonchev–Trinajstić information content (AvgIpc) is 2.65. The zero-order valence-electron chi connectivity index (χ0n) is 8.13. The minimum Gasteiger partial charge on any atom is -0.327 e. The van der Waals surface area contributed by atoms with Gasteiger partial charge in [0.15, 0.2) is 0 Å². The molecule has 0 spiro atoms. The van der Waals surface area contributed by atoms with Gasteiger partial charge in [-0.2, -0.15) is 0 Å². The van der Waals surface area contributed by atoms with Gasteiger partial charge >= 0.3 is 6.03 Å². The van der Waals surface area contributed by atoms with Crippen LogP contribution in [0.25, 0.3) is 0 Å². The molecule has 1 fully saturated rings. The van der Waals surface area contributed by atoms with Crippen molar-refractivity contribution in [2.75, 3.05) is 19.6 Å². The second-order valence-corrected chi connectivity index (χ2v) is 3.30. The van der Waals surface area contributed by atoms with Gasteiger partial charge in [0.1, 0.15) is 0 Å². The number of hydrogen-bond acceptors (Lipinski definition) is 3. The van der Waals surface area contributed by atoms with E-state index in [0.717, 1.165) is 0 Å². The van der Waals surface area contributed by atoms with Gasteiger partial charge in [-0.1, -0.05) is 11.1 Å². The molecule has 1 aliphatic rings. The van der Waals surface area contributed by atoms with Crippen LogP contribution in [-0.4, -0.2) is 45.6 Å². The normalized spacial score (nSPS) is 15.5. The SMILES string of the molecule is C#CCNC(=O)N1CC(n2ccnn2)C1. The third-order valence-corrected chi connectivity index (χ3v) is 2.31. The van der Waals surface area contributed by atoms with E-state index in [9.17, 15) is 4.79 Å². The highest BCUT2D eigenvalue weighted by atomic mass is 16.2. The fourth-order valence-corrected chi connectivity index (χ4v) is 1.44. The second kappa shape index (κ2) is 4.00. The molecule has 78 valence electrons. The molecule has 0 aliphatic carbocycles. The third kappa shape index (κ3) is 1.91. The number of likely N-dealkylation sites (tertiary alicyclic amines) is 1. The lowest BCUT2D eigenvalue weighted by molar-refractivity contribution is 0.118. The molecule has 15 heavy (non-hydrogen) atoms. The van der Waals surface area contributed by atoms with Crippen LogP contribution in [0.2, 0.25) is 0 Å². The van der Waals surface area contributed by atoms with E-state index in [1.54, 1.807) is 22.0 Å². The lowest BCUT2D eigenvalue weighted by Crippen LogP contribution is -2.54. The lowest BCUT2D eigenvalue weighted by atomic mass is 10.1. The summed E-state index contributed by atoms with van der Waals surface area (Å²) in [5.41, 5.74) is 0. The van der Waals surface area contributed by atoms with Crippen LogP contribution < -0.4 is 5.32 Å². The van der Waals surface area contributed by atoms with Crippen molar-refractivity contribution in [1.82, 2.24) is 25.2 Å². The van der Waals surface area contributed by atoms with Crippen LogP contribution in [0.5, 0.6) is 0 Å². The highest BCUT2D eigenvalue weighted by molar-refractivity contribution is 5.75. The van der Waals surface area contributed by atoms with E-state index in [1.807, 2.05) is 0 Å². The first-order chi connectivity index (χ1) is 7.31. The number of hydrogen-bond donors (Lipinski definition) is 1. The molecule has 0 radical (unpaired) electrons. The number of amides is 2. The molecule has 6 nitrogen and oxygen atoms in total. The van der Waals surface area contributed by atoms with Gasteiger partial charge in [-0.15, -0.1) is 11.5 Å². The monoisotopic (exact) mass is 205 g/mol. The van der Waals surface area contributed by atoms with Gasteiger partial charge < -0.3 is 10.2 Å². The molecule has 1 aromatic heterocycles. The molecule has 1 saturated heterocycles. The van der Waals surface area contributed by atoms with Crippen molar-refractivity contribution in [2.45, 2.75) is 6.04 Å². The number of urea groups is 1. The second-order valence-electron chi connectivity index (χ2n) is 3.30. The lowest BCUT2D eigenvalue weighted by Gasteiger charge is -2.38. The third-order valence-electron chi connectivity index (χ3n) is 2.31. The Kier molecular flexibility index (Phi) is 2.54. The number of nitrogens with zero attached hydrogens (tertiary/aromatic N) is 4. The molecule has 2 heterocycles. The molecule has 0 saturated carbocycles. The van der Waals surface area contributed by atoms with Crippen molar-refractivity contribution in [1.29, 1.82) is 0 Å². The maximum atomic E-state index is 11.4. The van der Waals surface area contributed by atoms with Crippen molar-refractivity contribution < 1.29 is 4.79 Å². The molecule has 1 aromatic rings. The molecule has 2 rings (SSSR count). The van der Waals surface area contributed by atoms with Gasteiger partial charge in [-0.25, -0.2) is 9.48 Å². The molecular formula is C9H11N5O. The minimum absolute atomic E-state index is 0.121. The molecule has 2 amide bonds. The van der Waals surface area contributed by atoms with Crippen LogP contribution in [0.3, 0.4) is 0 Å². The maximum absolute atomic E-state index is 11.4. The van der Waals surface area contributed by atoms with Crippen molar-refractivity contribution in [2.24, 2.45) is 0 Å². The summed E-state index contributed by atoms with van der Waals surface area (Å²) >= 11 is 0. The van der Waals surface area contributed by atoms with Crippen molar-refractivity contribution >= 4 is 6.03 Å². The summed E-state index contributed by atoms with van der Waals surface area (Å²) in [5, 5.41) is 10.2. The fraction of sp³-hybridized carbons (Fsp3) is 0.444. The average molecular weight is 205 g/mol. The molecule has 0 unspecified atom stereocenters. The van der Waals surface area contributed by atoms with Crippen molar-refractivity contribution in [3.05, 3.63) is 12.4 Å². The van der Waals surface area contributed by atoms with E-state index in [2.05, 4.69) is 21.5 Å². The Labute approximate surface area is 87.2 Å². The summed E-state index contributed by atoms with van der Waals surface area (Å²) in [6.45, 7) is 1.57. The molecule has 0 aromatic carbocycles. The van der Waals surface area contributed by atoms with Gasteiger partial charge in [0, 0.05) is 19.3 Å². The van der Waals surface area contributed by atoms with E-state index in [1.165, 1.54) is 0 Å². The van der Waals surface area contributed by atoms with Crippen LogP contribution in [0.4, 0.5) is 4.79 Å². The van der Waals surface area contributed by atoms with E-state index < -0.39 is 0 Å². The highest BCUT2D eigenvalue weighted by Crippen LogP contribution is 2.19. The number of carbonyl (C=O) groups excluding carboxylic acids is 1. The molecule has 0 bridgehead atoms. The molecule has 0 atom stereocenters. The van der Waals surface area contributed by atoms with Gasteiger partial charge in [0.05, 0.1) is 18.8 Å². The molecule has 1 aliphatic heterocycles. The van der Waals surface area contributed by atoms with Crippen LogP contribution in [-0.2, 0) is 0 Å². The first-order valence-electron chi connectivity index (χ1n) is 4.63. The van der Waals surface area contributed by atoms with Gasteiger partial charge in [-0.05, 0) is 0 Å². The number of nitrogens with one attached hydrogen (secondary N) is 1. The van der Waals surface area contributed by atoms with Gasteiger partial charge in [0.2, 0.25) is 0 Å². The quantitative estimate of drug-likeness (QED) is 0.661. The molecule has 1 N–H and O–H groups in total. The predicted octanol–water partition coefficient (Wildman–Crippen LogP) is -0.522. The Morgan fingerprint density at radius 1 is 1.67 bits per heavy atom. The van der Waals surface area contributed by atoms with E-state index in [0.29, 0.717) is 13.1 Å². The number of rotatable bonds is 2. The topological polar surface area (TPSA) is 63.1 Å². The smallest absolute Gasteiger partial charge is 0.318 e. The highest BCUT2D eigenvalue weighted by Gasteiger charge is 2.31. The Bertz CT molecular complexity index is 374. The minimum atomic E-state index is -0.121. The maximum Gasteiger partial charge on any atom is 0.318 e. The van der Waals surface area contributed by atoms with E-state index >= 15 is 0 Å². The van der Waals surface area contributed by atoms with Crippen molar-refractivity contribution in [3.8, 4) is 12.3 Å². The Hall–Kier alpha value is -2.03. The Morgan fingerprint density at radius 3 is 3.07 bits per heavy atom. The standard InChI is InChI=1S/C9H11N5O/c1-2-3-10-9(15)13-6-8(7-13)14-5-4-11-12-14/h1,4-5,8H,3,6-7H2,(H,10,15). The summed E-state index contributed by atoms with van der Waals surface area (Å²) in [4.78, 5) is 13.1. The largest absolute Gasteiger partial charge is 0.327 e. The van der Waals surface area contributed by atoms with Crippen LogP contribution in [0.1, 0.15) is 6.04 Å². The number of carbonyl (C=O) groups is 1.